The number of nitrogens with one attached hydrogen (secondary N) is 1. The topological polar surface area (TPSA) is 78.9 Å². The van der Waals surface area contributed by atoms with E-state index in [4.69, 9.17) is 18.9 Å². The zero-order chi connectivity index (χ0) is 25.5. The van der Waals surface area contributed by atoms with Crippen LogP contribution in [0.3, 0.4) is 0 Å². The number of nitrogens with zero attached hydrogens (tertiary/aromatic N) is 1. The largest absolute Gasteiger partial charge is 0.493 e. The second-order valence-corrected chi connectivity index (χ2v) is 8.98. The van der Waals surface area contributed by atoms with E-state index in [-0.39, 0.29) is 11.8 Å². The summed E-state index contributed by atoms with van der Waals surface area (Å²) in [5, 5.41) is 3.16. The summed E-state index contributed by atoms with van der Waals surface area (Å²) in [6.45, 7) is 0.642. The fourth-order valence-electron chi connectivity index (χ4n) is 4.95. The molecule has 0 spiro atoms. The van der Waals surface area contributed by atoms with Gasteiger partial charge in [-0.1, -0.05) is 18.2 Å². The molecule has 0 unspecified atom stereocenters. The first kappa shape index (κ1) is 25.4. The number of ether oxygens (including phenoxy) is 4. The molecule has 0 bridgehead atoms. The molecular formula is C29H34N2O5. The molecular weight excluding hydrogens is 456 g/mol. The number of hydrogen-bond acceptors (Lipinski definition) is 6. The third kappa shape index (κ3) is 5.10. The lowest BCUT2D eigenvalue weighted by molar-refractivity contribution is -0.122. The number of unbranched alkanes of at least 4 members (excludes halogenated alkanes) is 1. The average molecular weight is 491 g/mol. The van der Waals surface area contributed by atoms with Crippen LogP contribution in [-0.2, 0) is 16.6 Å². The van der Waals surface area contributed by atoms with Gasteiger partial charge in [0.15, 0.2) is 23.0 Å². The van der Waals surface area contributed by atoms with Crippen molar-refractivity contribution in [1.82, 2.24) is 10.3 Å². The maximum Gasteiger partial charge on any atom is 0.224 e. The second-order valence-electron chi connectivity index (χ2n) is 8.98. The molecule has 0 saturated heterocycles. The van der Waals surface area contributed by atoms with Crippen LogP contribution in [0, 0.1) is 5.92 Å². The van der Waals surface area contributed by atoms with Gasteiger partial charge in [0, 0.05) is 24.4 Å². The van der Waals surface area contributed by atoms with Crippen LogP contribution in [-0.4, -0.2) is 45.9 Å². The Morgan fingerprint density at radius 3 is 2.03 bits per heavy atom. The first-order valence-corrected chi connectivity index (χ1v) is 12.2. The first-order valence-electron chi connectivity index (χ1n) is 12.2. The monoisotopic (exact) mass is 490 g/mol. The molecule has 1 aliphatic rings. The predicted molar refractivity (Wildman–Crippen MR) is 138 cm³/mol. The van der Waals surface area contributed by atoms with Gasteiger partial charge in [0.1, 0.15) is 0 Å². The van der Waals surface area contributed by atoms with Crippen LogP contribution in [0.15, 0.2) is 60.9 Å². The Kier molecular flexibility index (Phi) is 7.98. The fraction of sp³-hybridized carbons (Fsp3) is 0.379. The summed E-state index contributed by atoms with van der Waals surface area (Å²) in [7, 11) is 6.47. The van der Waals surface area contributed by atoms with Gasteiger partial charge in [-0.25, -0.2) is 0 Å². The zero-order valence-corrected chi connectivity index (χ0v) is 21.4. The molecule has 1 saturated carbocycles. The Bertz CT molecular complexity index is 1130. The lowest BCUT2D eigenvalue weighted by Gasteiger charge is -2.22. The van der Waals surface area contributed by atoms with Crippen LogP contribution in [0.5, 0.6) is 23.0 Å². The molecule has 7 nitrogen and oxygen atoms in total. The lowest BCUT2D eigenvalue weighted by atomic mass is 9.85. The van der Waals surface area contributed by atoms with Gasteiger partial charge in [0.25, 0.3) is 0 Å². The molecule has 1 atom stereocenters. The quantitative estimate of drug-likeness (QED) is 0.375. The molecule has 1 amide bonds. The number of methoxy groups -OCH3 is 4. The number of carbonyl (C=O) groups excluding carboxylic acids is 1. The SMILES string of the molecule is COc1ccc(C2(c3ccc(OC)c(OC)c3)C[C@@H]2C(=O)NCCCCc2cccnc2)cc1OC. The number of aryl methyl sites for hydroxylation is 1. The Morgan fingerprint density at radius 1 is 0.889 bits per heavy atom. The summed E-state index contributed by atoms with van der Waals surface area (Å²) in [4.78, 5) is 17.5. The van der Waals surface area contributed by atoms with Crippen molar-refractivity contribution >= 4 is 5.91 Å². The number of aromatic nitrogens is 1. The number of carbonyl (C=O) groups is 1. The summed E-state index contributed by atoms with van der Waals surface area (Å²) in [5.74, 6) is 2.43. The van der Waals surface area contributed by atoms with E-state index < -0.39 is 5.41 Å². The van der Waals surface area contributed by atoms with E-state index in [2.05, 4.69) is 16.4 Å². The number of pyridine rings is 1. The highest BCUT2D eigenvalue weighted by atomic mass is 16.5. The minimum Gasteiger partial charge on any atom is -0.493 e. The van der Waals surface area contributed by atoms with Crippen LogP contribution < -0.4 is 24.3 Å². The molecule has 1 aromatic heterocycles. The van der Waals surface area contributed by atoms with Crippen LogP contribution in [0.1, 0.15) is 36.0 Å². The van der Waals surface area contributed by atoms with Crippen molar-refractivity contribution in [3.8, 4) is 23.0 Å². The fourth-order valence-corrected chi connectivity index (χ4v) is 4.95. The standard InChI is InChI=1S/C29H34N2O5/c1-33-24-12-10-21(16-26(24)35-3)29(22-11-13-25(34-2)27(17-22)36-4)18-23(29)28(32)31-15-6-5-8-20-9-7-14-30-19-20/h7,9-14,16-17,19,23H,5-6,8,15,18H2,1-4H3,(H,31,32)/t23-/m1/s1. The highest BCUT2D eigenvalue weighted by molar-refractivity contribution is 5.86. The van der Waals surface area contributed by atoms with Crippen LogP contribution in [0.2, 0.25) is 0 Å². The van der Waals surface area contributed by atoms with Crippen molar-refractivity contribution in [1.29, 1.82) is 0 Å². The Labute approximate surface area is 212 Å². The smallest absolute Gasteiger partial charge is 0.224 e. The van der Waals surface area contributed by atoms with E-state index in [0.29, 0.717) is 36.0 Å². The van der Waals surface area contributed by atoms with Crippen molar-refractivity contribution in [2.75, 3.05) is 35.0 Å². The van der Waals surface area contributed by atoms with E-state index in [0.717, 1.165) is 30.4 Å². The van der Waals surface area contributed by atoms with Crippen molar-refractivity contribution < 1.29 is 23.7 Å². The van der Waals surface area contributed by atoms with Crippen LogP contribution in [0.25, 0.3) is 0 Å². The van der Waals surface area contributed by atoms with Gasteiger partial charge < -0.3 is 24.3 Å². The van der Waals surface area contributed by atoms with Gasteiger partial charge >= 0.3 is 0 Å². The van der Waals surface area contributed by atoms with E-state index >= 15 is 0 Å². The Hall–Kier alpha value is -3.74. The summed E-state index contributed by atoms with van der Waals surface area (Å²) in [5.41, 5.74) is 2.74. The van der Waals surface area contributed by atoms with Gasteiger partial charge in [-0.2, -0.15) is 0 Å². The summed E-state index contributed by atoms with van der Waals surface area (Å²) in [6, 6.07) is 15.8. The molecule has 1 aliphatic carbocycles. The summed E-state index contributed by atoms with van der Waals surface area (Å²) < 4.78 is 22.0. The molecule has 1 heterocycles. The lowest BCUT2D eigenvalue weighted by Crippen LogP contribution is -2.30. The average Bonchev–Trinajstić information content (AvgIpc) is 3.69. The number of benzene rings is 2. The molecule has 2 aromatic carbocycles. The van der Waals surface area contributed by atoms with E-state index in [1.54, 1.807) is 34.6 Å². The van der Waals surface area contributed by atoms with Gasteiger partial charge in [-0.15, -0.1) is 0 Å². The molecule has 190 valence electrons. The van der Waals surface area contributed by atoms with Crippen molar-refractivity contribution in [3.05, 3.63) is 77.6 Å². The molecule has 0 aliphatic heterocycles. The highest BCUT2D eigenvalue weighted by Gasteiger charge is 2.60. The molecule has 36 heavy (non-hydrogen) atoms. The number of rotatable bonds is 12. The molecule has 1 fully saturated rings. The second kappa shape index (κ2) is 11.3. The van der Waals surface area contributed by atoms with E-state index in [1.165, 1.54) is 5.56 Å². The number of amides is 1. The predicted octanol–water partition coefficient (Wildman–Crippen LogP) is 4.56. The van der Waals surface area contributed by atoms with Gasteiger partial charge in [-0.3, -0.25) is 9.78 Å². The Morgan fingerprint density at radius 2 is 1.50 bits per heavy atom. The van der Waals surface area contributed by atoms with Crippen LogP contribution >= 0.6 is 0 Å². The maximum atomic E-state index is 13.3. The van der Waals surface area contributed by atoms with Crippen molar-refractivity contribution in [2.45, 2.75) is 31.1 Å². The third-order valence-electron chi connectivity index (χ3n) is 6.99. The highest BCUT2D eigenvalue weighted by Crippen LogP contribution is 2.60. The normalized spacial score (nSPS) is 15.6. The van der Waals surface area contributed by atoms with Crippen LogP contribution in [0.4, 0.5) is 0 Å². The molecule has 0 radical (unpaired) electrons. The van der Waals surface area contributed by atoms with Gasteiger partial charge in [0.2, 0.25) is 5.91 Å². The molecule has 7 heteroatoms. The van der Waals surface area contributed by atoms with E-state index in [9.17, 15) is 4.79 Å². The zero-order valence-electron chi connectivity index (χ0n) is 21.4. The maximum absolute atomic E-state index is 13.3. The summed E-state index contributed by atoms with van der Waals surface area (Å²) >= 11 is 0. The molecule has 1 N–H and O–H groups in total. The van der Waals surface area contributed by atoms with Gasteiger partial charge in [0.05, 0.1) is 34.4 Å². The van der Waals surface area contributed by atoms with E-state index in [1.807, 2.05) is 48.7 Å². The first-order chi connectivity index (χ1) is 17.6. The number of hydrogen-bond donors (Lipinski definition) is 1. The third-order valence-corrected chi connectivity index (χ3v) is 6.99. The minimum absolute atomic E-state index is 0.0564. The molecule has 3 aromatic rings. The minimum atomic E-state index is -0.487. The molecule has 4 rings (SSSR count). The van der Waals surface area contributed by atoms with Crippen molar-refractivity contribution in [2.24, 2.45) is 5.92 Å². The van der Waals surface area contributed by atoms with Gasteiger partial charge in [-0.05, 0) is 72.7 Å². The Balaban J connectivity index is 1.53. The summed E-state index contributed by atoms with van der Waals surface area (Å²) in [6.07, 6.45) is 7.22. The van der Waals surface area contributed by atoms with Crippen molar-refractivity contribution in [3.63, 3.8) is 0 Å².